The molecule has 1 fully saturated rings. The minimum atomic E-state index is -0.306. The van der Waals surface area contributed by atoms with E-state index < -0.39 is 0 Å². The van der Waals surface area contributed by atoms with Crippen molar-refractivity contribution in [2.45, 2.75) is 38.6 Å². The standard InChI is InChI=1S/C8H16O3/c1-7-10-5-3-2-4-8(9)6-11-7/h7-9H,2-6H2,1H3. The van der Waals surface area contributed by atoms with Crippen LogP contribution in [0.5, 0.6) is 0 Å². The SMILES string of the molecule is CC1OCCCCC(O)CO1. The van der Waals surface area contributed by atoms with Crippen molar-refractivity contribution in [3.8, 4) is 0 Å². The monoisotopic (exact) mass is 160 g/mol. The molecule has 0 radical (unpaired) electrons. The molecule has 0 spiro atoms. The van der Waals surface area contributed by atoms with Crippen LogP contribution >= 0.6 is 0 Å². The smallest absolute Gasteiger partial charge is 0.154 e. The van der Waals surface area contributed by atoms with Crippen molar-refractivity contribution in [2.24, 2.45) is 0 Å². The first-order valence-corrected chi connectivity index (χ1v) is 4.20. The van der Waals surface area contributed by atoms with Gasteiger partial charge in [0.05, 0.1) is 12.7 Å². The second-order valence-electron chi connectivity index (χ2n) is 2.92. The lowest BCUT2D eigenvalue weighted by molar-refractivity contribution is -0.141. The van der Waals surface area contributed by atoms with Crippen LogP contribution in [0.25, 0.3) is 0 Å². The molecule has 1 heterocycles. The zero-order valence-corrected chi connectivity index (χ0v) is 6.95. The fourth-order valence-electron chi connectivity index (χ4n) is 1.11. The summed E-state index contributed by atoms with van der Waals surface area (Å²) >= 11 is 0. The van der Waals surface area contributed by atoms with Crippen LogP contribution in [-0.2, 0) is 9.47 Å². The zero-order chi connectivity index (χ0) is 8.10. The third-order valence-electron chi connectivity index (χ3n) is 1.81. The van der Waals surface area contributed by atoms with Crippen molar-refractivity contribution in [3.63, 3.8) is 0 Å². The molecule has 1 saturated heterocycles. The van der Waals surface area contributed by atoms with Crippen molar-refractivity contribution in [3.05, 3.63) is 0 Å². The van der Waals surface area contributed by atoms with E-state index in [4.69, 9.17) is 9.47 Å². The Kier molecular flexibility index (Phi) is 3.83. The van der Waals surface area contributed by atoms with Crippen molar-refractivity contribution >= 4 is 0 Å². The van der Waals surface area contributed by atoms with Gasteiger partial charge in [0.1, 0.15) is 0 Å². The Hall–Kier alpha value is -0.120. The summed E-state index contributed by atoms with van der Waals surface area (Å²) < 4.78 is 10.5. The molecule has 0 amide bonds. The molecule has 0 aliphatic carbocycles. The maximum Gasteiger partial charge on any atom is 0.154 e. The Morgan fingerprint density at radius 3 is 2.91 bits per heavy atom. The summed E-state index contributed by atoms with van der Waals surface area (Å²) in [7, 11) is 0. The quantitative estimate of drug-likeness (QED) is 0.572. The van der Waals surface area contributed by atoms with Gasteiger partial charge in [0, 0.05) is 6.61 Å². The number of rotatable bonds is 0. The molecule has 1 aliphatic heterocycles. The van der Waals surface area contributed by atoms with E-state index >= 15 is 0 Å². The van der Waals surface area contributed by atoms with E-state index in [1.807, 2.05) is 6.92 Å². The predicted molar refractivity (Wildman–Crippen MR) is 41.2 cm³/mol. The first kappa shape index (κ1) is 8.97. The topological polar surface area (TPSA) is 38.7 Å². The van der Waals surface area contributed by atoms with Crippen LogP contribution in [0.3, 0.4) is 0 Å². The van der Waals surface area contributed by atoms with E-state index in [2.05, 4.69) is 0 Å². The summed E-state index contributed by atoms with van der Waals surface area (Å²) in [5, 5.41) is 9.28. The van der Waals surface area contributed by atoms with E-state index in [0.29, 0.717) is 6.61 Å². The van der Waals surface area contributed by atoms with Crippen LogP contribution in [0.4, 0.5) is 0 Å². The van der Waals surface area contributed by atoms with Gasteiger partial charge in [-0.3, -0.25) is 0 Å². The normalized spacial score (nSPS) is 35.5. The summed E-state index contributed by atoms with van der Waals surface area (Å²) in [5.74, 6) is 0. The molecule has 11 heavy (non-hydrogen) atoms. The summed E-state index contributed by atoms with van der Waals surface area (Å²) in [6.07, 6.45) is 2.40. The molecule has 3 heteroatoms. The third kappa shape index (κ3) is 3.70. The van der Waals surface area contributed by atoms with Gasteiger partial charge in [0.25, 0.3) is 0 Å². The molecule has 66 valence electrons. The fraction of sp³-hybridized carbons (Fsp3) is 1.00. The Morgan fingerprint density at radius 1 is 1.27 bits per heavy atom. The van der Waals surface area contributed by atoms with Crippen molar-refractivity contribution < 1.29 is 14.6 Å². The van der Waals surface area contributed by atoms with Gasteiger partial charge in [0.15, 0.2) is 6.29 Å². The van der Waals surface area contributed by atoms with Gasteiger partial charge < -0.3 is 14.6 Å². The first-order valence-electron chi connectivity index (χ1n) is 4.20. The summed E-state index contributed by atoms with van der Waals surface area (Å²) in [4.78, 5) is 0. The second-order valence-corrected chi connectivity index (χ2v) is 2.92. The number of aliphatic hydroxyl groups excluding tert-OH is 1. The minimum Gasteiger partial charge on any atom is -0.391 e. The molecule has 3 nitrogen and oxygen atoms in total. The van der Waals surface area contributed by atoms with Crippen molar-refractivity contribution in [1.82, 2.24) is 0 Å². The van der Waals surface area contributed by atoms with E-state index in [1.165, 1.54) is 0 Å². The molecule has 2 unspecified atom stereocenters. The predicted octanol–water partition coefficient (Wildman–Crippen LogP) is 0.910. The van der Waals surface area contributed by atoms with Gasteiger partial charge in [0.2, 0.25) is 0 Å². The van der Waals surface area contributed by atoms with Gasteiger partial charge >= 0.3 is 0 Å². The molecule has 1 rings (SSSR count). The summed E-state index contributed by atoms with van der Waals surface area (Å²) in [5.41, 5.74) is 0. The van der Waals surface area contributed by atoms with Gasteiger partial charge in [-0.1, -0.05) is 0 Å². The molecule has 1 aliphatic rings. The summed E-state index contributed by atoms with van der Waals surface area (Å²) in [6.45, 7) is 3.01. The highest BCUT2D eigenvalue weighted by Gasteiger charge is 2.10. The number of ether oxygens (including phenoxy) is 2. The molecule has 0 aromatic carbocycles. The average Bonchev–Trinajstić information content (AvgIpc) is 2.06. The highest BCUT2D eigenvalue weighted by molar-refractivity contribution is 4.56. The van der Waals surface area contributed by atoms with Crippen LogP contribution in [0.1, 0.15) is 26.2 Å². The van der Waals surface area contributed by atoms with E-state index in [9.17, 15) is 5.11 Å². The number of aliphatic hydroxyl groups is 1. The second kappa shape index (κ2) is 4.70. The average molecular weight is 160 g/mol. The lowest BCUT2D eigenvalue weighted by Crippen LogP contribution is -2.20. The van der Waals surface area contributed by atoms with Gasteiger partial charge in [-0.2, -0.15) is 0 Å². The highest BCUT2D eigenvalue weighted by Crippen LogP contribution is 2.07. The number of hydrogen-bond acceptors (Lipinski definition) is 3. The molecular weight excluding hydrogens is 144 g/mol. The lowest BCUT2D eigenvalue weighted by Gasteiger charge is -2.13. The van der Waals surface area contributed by atoms with E-state index in [-0.39, 0.29) is 12.4 Å². The Morgan fingerprint density at radius 2 is 2.09 bits per heavy atom. The van der Waals surface area contributed by atoms with Crippen LogP contribution in [0, 0.1) is 0 Å². The minimum absolute atomic E-state index is 0.164. The van der Waals surface area contributed by atoms with Gasteiger partial charge in [-0.05, 0) is 26.2 Å². The van der Waals surface area contributed by atoms with Crippen molar-refractivity contribution in [1.29, 1.82) is 0 Å². The Balaban J connectivity index is 2.25. The molecule has 1 N–H and O–H groups in total. The maximum atomic E-state index is 9.28. The maximum absolute atomic E-state index is 9.28. The molecule has 0 aromatic rings. The van der Waals surface area contributed by atoms with E-state index in [1.54, 1.807) is 0 Å². The first-order chi connectivity index (χ1) is 5.29. The largest absolute Gasteiger partial charge is 0.391 e. The fourth-order valence-corrected chi connectivity index (χ4v) is 1.11. The van der Waals surface area contributed by atoms with Gasteiger partial charge in [-0.15, -0.1) is 0 Å². The highest BCUT2D eigenvalue weighted by atomic mass is 16.7. The Bertz CT molecular complexity index is 93.5. The van der Waals surface area contributed by atoms with Crippen LogP contribution in [0.15, 0.2) is 0 Å². The lowest BCUT2D eigenvalue weighted by atomic mass is 10.2. The van der Waals surface area contributed by atoms with Gasteiger partial charge in [-0.25, -0.2) is 0 Å². The Labute approximate surface area is 67.3 Å². The third-order valence-corrected chi connectivity index (χ3v) is 1.81. The molecule has 0 bridgehead atoms. The number of hydrogen-bond donors (Lipinski definition) is 1. The van der Waals surface area contributed by atoms with Crippen LogP contribution < -0.4 is 0 Å². The molecule has 2 atom stereocenters. The van der Waals surface area contributed by atoms with E-state index in [0.717, 1.165) is 25.9 Å². The van der Waals surface area contributed by atoms with Crippen LogP contribution in [0.2, 0.25) is 0 Å². The zero-order valence-electron chi connectivity index (χ0n) is 6.95. The van der Waals surface area contributed by atoms with Crippen molar-refractivity contribution in [2.75, 3.05) is 13.2 Å². The van der Waals surface area contributed by atoms with Crippen LogP contribution in [-0.4, -0.2) is 30.7 Å². The molecule has 0 saturated carbocycles. The molecular formula is C8H16O3. The summed E-state index contributed by atoms with van der Waals surface area (Å²) in [6, 6.07) is 0. The molecule has 0 aromatic heterocycles.